The second-order valence-electron chi connectivity index (χ2n) is 3.26. The fraction of sp³-hybridized carbons (Fsp3) is 0.500. The van der Waals surface area contributed by atoms with E-state index in [0.717, 1.165) is 0 Å². The summed E-state index contributed by atoms with van der Waals surface area (Å²) < 4.78 is 14.9. The first-order valence-corrected chi connectivity index (χ1v) is 5.38. The van der Waals surface area contributed by atoms with Gasteiger partial charge in [-0.1, -0.05) is 31.2 Å². The predicted molar refractivity (Wildman–Crippen MR) is 44.5 cm³/mol. The second kappa shape index (κ2) is 7.12. The minimum absolute atomic E-state index is 0. The number of phosphoric acid groups is 1. The van der Waals surface area contributed by atoms with Crippen LogP contribution in [0.2, 0.25) is 0 Å². The fourth-order valence-electron chi connectivity index (χ4n) is 1.17. The van der Waals surface area contributed by atoms with E-state index in [0.29, 0.717) is 0 Å². The van der Waals surface area contributed by atoms with Gasteiger partial charge in [0.1, 0.15) is 0 Å². The third kappa shape index (κ3) is 6.18. The van der Waals surface area contributed by atoms with E-state index in [1.165, 1.54) is 0 Å². The normalized spacial score (nSPS) is 29.2. The molecule has 7 heteroatoms. The van der Waals surface area contributed by atoms with E-state index >= 15 is 0 Å². The molecule has 0 N–H and O–H groups in total. The van der Waals surface area contributed by atoms with E-state index < -0.39 is 13.4 Å². The van der Waals surface area contributed by atoms with Gasteiger partial charge in [-0.25, -0.2) is 0 Å². The van der Waals surface area contributed by atoms with Gasteiger partial charge in [0, 0.05) is 5.92 Å². The van der Waals surface area contributed by atoms with Gasteiger partial charge in [0.05, 0.1) is 13.4 Å². The van der Waals surface area contributed by atoms with Gasteiger partial charge in [0.25, 0.3) is 0 Å². The average Bonchev–Trinajstić information content (AvgIpc) is 1.92. The molecule has 1 aliphatic rings. The van der Waals surface area contributed by atoms with E-state index in [1.54, 1.807) is 38.2 Å². The summed E-state index contributed by atoms with van der Waals surface area (Å²) in [6.07, 6.45) is 6.81. The third-order valence-corrected chi connectivity index (χ3v) is 2.77. The summed E-state index contributed by atoms with van der Waals surface area (Å²) in [5.41, 5.74) is -1.03. The molecule has 0 heterocycles. The van der Waals surface area contributed by atoms with Crippen LogP contribution in [0.15, 0.2) is 24.3 Å². The van der Waals surface area contributed by atoms with Crippen LogP contribution in [-0.2, 0) is 9.09 Å². The number of phosphoric ester groups is 1. The van der Waals surface area contributed by atoms with Gasteiger partial charge in [-0.15, -0.1) is 0 Å². The van der Waals surface area contributed by atoms with Crippen molar-refractivity contribution in [1.29, 1.82) is 0 Å². The Hall–Kier alpha value is 1.59. The molecule has 15 heavy (non-hydrogen) atoms. The Morgan fingerprint density at radius 2 is 1.87 bits per heavy atom. The van der Waals surface area contributed by atoms with Crippen LogP contribution < -0.4 is 68.9 Å². The summed E-state index contributed by atoms with van der Waals surface area (Å²) in [5.74, 6) is -0.131. The summed E-state index contributed by atoms with van der Waals surface area (Å²) in [7, 11) is -4.92. The fourth-order valence-corrected chi connectivity index (χ4v) is 1.88. The molecular weight excluding hydrogens is 237 g/mol. The molecule has 0 amide bonds. The largest absolute Gasteiger partial charge is 1.00 e. The number of allylic oxidation sites excluding steroid dienone is 2. The maximum absolute atomic E-state index is 10.4. The maximum atomic E-state index is 10.4. The van der Waals surface area contributed by atoms with Crippen molar-refractivity contribution in [2.24, 2.45) is 5.92 Å². The Bertz CT molecular complexity index is 299. The van der Waals surface area contributed by atoms with E-state index in [-0.39, 0.29) is 65.0 Å². The van der Waals surface area contributed by atoms with Gasteiger partial charge in [-0.2, -0.15) is 0 Å². The van der Waals surface area contributed by atoms with Crippen LogP contribution in [0.3, 0.4) is 0 Å². The molecule has 4 nitrogen and oxygen atoms in total. The Labute approximate surface area is 134 Å². The SMILES string of the molecule is CC1C=CC=CC1(C)OP(=O)([O-])[O-].[Na+].[Na+]. The molecule has 0 saturated carbocycles. The van der Waals surface area contributed by atoms with E-state index in [9.17, 15) is 14.4 Å². The van der Waals surface area contributed by atoms with Crippen LogP contribution in [0.4, 0.5) is 0 Å². The van der Waals surface area contributed by atoms with Crippen molar-refractivity contribution in [3.8, 4) is 0 Å². The van der Waals surface area contributed by atoms with E-state index in [1.807, 2.05) is 0 Å². The number of hydrogen-bond acceptors (Lipinski definition) is 4. The molecule has 1 aliphatic carbocycles. The van der Waals surface area contributed by atoms with Crippen molar-refractivity contribution in [2.45, 2.75) is 19.4 Å². The predicted octanol–water partition coefficient (Wildman–Crippen LogP) is -5.64. The molecule has 0 aromatic rings. The molecule has 2 unspecified atom stereocenters. The zero-order valence-electron chi connectivity index (χ0n) is 9.47. The number of rotatable bonds is 2. The van der Waals surface area contributed by atoms with Crippen molar-refractivity contribution >= 4 is 7.82 Å². The average molecular weight is 248 g/mol. The van der Waals surface area contributed by atoms with Crippen molar-refractivity contribution in [1.82, 2.24) is 0 Å². The van der Waals surface area contributed by atoms with Crippen LogP contribution in [0.5, 0.6) is 0 Å². The Balaban J connectivity index is 0. The van der Waals surface area contributed by atoms with Crippen LogP contribution in [0.25, 0.3) is 0 Å². The molecule has 1 rings (SSSR count). The minimum Gasteiger partial charge on any atom is -0.790 e. The Morgan fingerprint density at radius 1 is 1.33 bits per heavy atom. The van der Waals surface area contributed by atoms with Crippen molar-refractivity contribution in [3.05, 3.63) is 24.3 Å². The molecule has 74 valence electrons. The summed E-state index contributed by atoms with van der Waals surface area (Å²) in [6.45, 7) is 3.36. The van der Waals surface area contributed by atoms with Crippen molar-refractivity contribution in [3.63, 3.8) is 0 Å². The van der Waals surface area contributed by atoms with Gasteiger partial charge in [-0.3, -0.25) is 0 Å². The molecule has 0 aliphatic heterocycles. The first-order valence-electron chi connectivity index (χ1n) is 3.92. The smallest absolute Gasteiger partial charge is 0.790 e. The zero-order valence-corrected chi connectivity index (χ0v) is 14.4. The van der Waals surface area contributed by atoms with Crippen LogP contribution in [0.1, 0.15) is 13.8 Å². The van der Waals surface area contributed by atoms with Crippen molar-refractivity contribution < 1.29 is 78.0 Å². The topological polar surface area (TPSA) is 72.4 Å². The van der Waals surface area contributed by atoms with E-state index in [4.69, 9.17) is 0 Å². The third-order valence-electron chi connectivity index (χ3n) is 2.15. The quantitative estimate of drug-likeness (QED) is 0.361. The molecular formula is C8H11Na2O4P. The second-order valence-corrected chi connectivity index (χ2v) is 4.33. The Kier molecular flexibility index (Phi) is 8.99. The summed E-state index contributed by atoms with van der Waals surface area (Å²) in [5, 5.41) is 0. The minimum atomic E-state index is -4.92. The van der Waals surface area contributed by atoms with Gasteiger partial charge in [-0.05, 0) is 6.92 Å². The molecule has 0 saturated heterocycles. The van der Waals surface area contributed by atoms with E-state index in [2.05, 4.69) is 4.52 Å². The maximum Gasteiger partial charge on any atom is 1.00 e. The summed E-state index contributed by atoms with van der Waals surface area (Å²) in [4.78, 5) is 20.9. The van der Waals surface area contributed by atoms with Gasteiger partial charge >= 0.3 is 59.1 Å². The zero-order chi connectivity index (χ0) is 10.1. The molecule has 0 fully saturated rings. The Morgan fingerprint density at radius 3 is 2.27 bits per heavy atom. The molecule has 0 radical (unpaired) electrons. The summed E-state index contributed by atoms with van der Waals surface area (Å²) in [6, 6.07) is 0. The first-order chi connectivity index (χ1) is 5.83. The standard InChI is InChI=1S/C8H13O4P.2Na/c1-7-5-3-4-6-8(7,2)12-13(9,10)11;;/h3-7H,1-2H3,(H2,9,10,11);;/q;2*+1/p-2. The molecule has 0 bridgehead atoms. The molecule has 0 aromatic carbocycles. The molecule has 2 atom stereocenters. The van der Waals surface area contributed by atoms with Crippen molar-refractivity contribution in [2.75, 3.05) is 0 Å². The molecule has 0 spiro atoms. The number of hydrogen-bond donors (Lipinski definition) is 0. The van der Waals surface area contributed by atoms with Crippen LogP contribution >= 0.6 is 7.82 Å². The first kappa shape index (κ1) is 18.9. The monoisotopic (exact) mass is 248 g/mol. The van der Waals surface area contributed by atoms with Crippen LogP contribution in [-0.4, -0.2) is 5.60 Å². The summed E-state index contributed by atoms with van der Waals surface area (Å²) >= 11 is 0. The van der Waals surface area contributed by atoms with Gasteiger partial charge in [0.15, 0.2) is 0 Å². The van der Waals surface area contributed by atoms with Gasteiger partial charge < -0.3 is 18.9 Å². The molecule has 0 aromatic heterocycles. The van der Waals surface area contributed by atoms with Gasteiger partial charge in [0.2, 0.25) is 0 Å². The van der Waals surface area contributed by atoms with Crippen LogP contribution in [0, 0.1) is 5.92 Å².